The first kappa shape index (κ1) is 19.7. The van der Waals surface area contributed by atoms with Gasteiger partial charge in [0.15, 0.2) is 0 Å². The third kappa shape index (κ3) is 4.91. The molecule has 0 unspecified atom stereocenters. The van der Waals surface area contributed by atoms with Crippen LogP contribution in [-0.4, -0.2) is 39.6 Å². The fraction of sp³-hybridized carbons (Fsp3) is 0.0714. The van der Waals surface area contributed by atoms with Gasteiger partial charge in [-0.05, 0) is 24.3 Å². The van der Waals surface area contributed by atoms with Gasteiger partial charge in [0.2, 0.25) is 5.75 Å². The van der Waals surface area contributed by atoms with E-state index in [1.54, 1.807) is 42.7 Å². The molecule has 8 heteroatoms. The van der Waals surface area contributed by atoms with Crippen molar-refractivity contribution in [2.24, 2.45) is 5.10 Å². The average molecular weight is 355 g/mol. The van der Waals surface area contributed by atoms with E-state index in [4.69, 9.17) is 9.84 Å². The van der Waals surface area contributed by atoms with Gasteiger partial charge in [-0.25, -0.2) is 0 Å². The van der Waals surface area contributed by atoms with E-state index in [1.165, 1.54) is 13.3 Å². The number of hydrogen-bond donors (Lipinski definition) is 0. The molecule has 1 heterocycles. The molecule has 110 valence electrons. The molecular formula is C14H15N3O4Zn+2. The van der Waals surface area contributed by atoms with Gasteiger partial charge >= 0.3 is 25.2 Å². The van der Waals surface area contributed by atoms with Gasteiger partial charge in [0.25, 0.3) is 5.91 Å². The van der Waals surface area contributed by atoms with Gasteiger partial charge in [-0.15, -0.1) is 0 Å². The molecule has 2 aromatic rings. The molecule has 0 aliphatic rings. The van der Waals surface area contributed by atoms with Crippen LogP contribution in [0.25, 0.3) is 5.43 Å². The predicted molar refractivity (Wildman–Crippen MR) is 79.2 cm³/mol. The number of carbonyl (C=O) groups excluding carboxylic acids is 1. The SMILES string of the molecule is COc1cccc(C=N[N-]C(=[OH+])c2ccncc2)c1[OH2+].[OH-].[Zn+2]. The second kappa shape index (κ2) is 9.60. The Labute approximate surface area is 140 Å². The quantitative estimate of drug-likeness (QED) is 0.358. The van der Waals surface area contributed by atoms with Gasteiger partial charge < -0.3 is 25.8 Å². The largest absolute Gasteiger partial charge is 2.00 e. The standard InChI is InChI=1S/C14H13N3O3.H2O.Zn/c1-20-12-4-2-3-11(13(12)18)9-16-17-14(19)10-5-7-15-8-6-10;;/h2-9H,1H3,(H2,15,16,17,18,19);1H2;/q;;+2. The minimum atomic E-state index is -0.210. The van der Waals surface area contributed by atoms with Crippen LogP contribution in [0.5, 0.6) is 11.5 Å². The van der Waals surface area contributed by atoms with E-state index < -0.39 is 0 Å². The summed E-state index contributed by atoms with van der Waals surface area (Å²) in [5, 5.41) is 11.6. The van der Waals surface area contributed by atoms with E-state index in [1.807, 2.05) is 0 Å². The Morgan fingerprint density at radius 2 is 2.00 bits per heavy atom. The zero-order chi connectivity index (χ0) is 14.4. The van der Waals surface area contributed by atoms with Crippen LogP contribution in [0.4, 0.5) is 0 Å². The van der Waals surface area contributed by atoms with E-state index in [0.717, 1.165) is 0 Å². The van der Waals surface area contributed by atoms with Crippen molar-refractivity contribution < 1.29 is 39.6 Å². The molecule has 0 spiro atoms. The Hall–Kier alpha value is -2.31. The maximum Gasteiger partial charge on any atom is 2.00 e. The predicted octanol–water partition coefficient (Wildman–Crippen LogP) is 1.61. The van der Waals surface area contributed by atoms with Crippen LogP contribution in [0.2, 0.25) is 0 Å². The molecule has 0 saturated carbocycles. The summed E-state index contributed by atoms with van der Waals surface area (Å²) in [7, 11) is 1.50. The fourth-order valence-corrected chi connectivity index (χ4v) is 1.53. The Bertz CT molecular complexity index is 635. The van der Waals surface area contributed by atoms with E-state index in [9.17, 15) is 4.79 Å². The molecule has 7 nitrogen and oxygen atoms in total. The monoisotopic (exact) mass is 353 g/mol. The van der Waals surface area contributed by atoms with E-state index in [0.29, 0.717) is 16.9 Å². The van der Waals surface area contributed by atoms with E-state index in [-0.39, 0.29) is 36.6 Å². The number of ether oxygens (including phenoxy) is 1. The zero-order valence-corrected chi connectivity index (χ0v) is 14.9. The minimum absolute atomic E-state index is 0. The second-order valence-electron chi connectivity index (χ2n) is 3.83. The molecule has 1 aromatic heterocycles. The van der Waals surface area contributed by atoms with Crippen LogP contribution in [0, 0.1) is 0 Å². The van der Waals surface area contributed by atoms with Crippen molar-refractivity contribution in [3.63, 3.8) is 0 Å². The van der Waals surface area contributed by atoms with Crippen LogP contribution in [0.3, 0.4) is 0 Å². The van der Waals surface area contributed by atoms with Crippen molar-refractivity contribution >= 4 is 12.1 Å². The summed E-state index contributed by atoms with van der Waals surface area (Å²) in [6.07, 6.45) is 4.49. The van der Waals surface area contributed by atoms with Gasteiger partial charge in [0, 0.05) is 18.6 Å². The first-order chi connectivity index (χ1) is 9.72. The normalized spacial score (nSPS) is 9.50. The number of pyridine rings is 1. The summed E-state index contributed by atoms with van der Waals surface area (Å²) in [4.78, 5) is 13.5. The summed E-state index contributed by atoms with van der Waals surface area (Å²) in [6, 6.07) is 8.40. The molecule has 1 aromatic carbocycles. The molecule has 0 saturated heterocycles. The zero-order valence-electron chi connectivity index (χ0n) is 12.0. The van der Waals surface area contributed by atoms with Crippen LogP contribution in [0.15, 0.2) is 47.8 Å². The van der Waals surface area contributed by atoms with E-state index >= 15 is 0 Å². The van der Waals surface area contributed by atoms with Crippen molar-refractivity contribution in [1.82, 2.24) is 4.98 Å². The molecule has 22 heavy (non-hydrogen) atoms. The first-order valence-electron chi connectivity index (χ1n) is 5.81. The molecule has 0 bridgehead atoms. The van der Waals surface area contributed by atoms with Crippen LogP contribution >= 0.6 is 0 Å². The summed E-state index contributed by atoms with van der Waals surface area (Å²) in [5.74, 6) is 0.465. The Kier molecular flexibility index (Phi) is 8.59. The van der Waals surface area contributed by atoms with Crippen LogP contribution < -0.4 is 4.74 Å². The molecular weight excluding hydrogens is 340 g/mol. The second-order valence-corrected chi connectivity index (χ2v) is 3.83. The molecule has 2 rings (SSSR count). The number of hydrogen-bond acceptors (Lipinski definition) is 4. The molecule has 4 N–H and O–H groups in total. The molecule has 0 radical (unpaired) electrons. The van der Waals surface area contributed by atoms with E-state index in [2.05, 4.69) is 15.5 Å². The van der Waals surface area contributed by atoms with Gasteiger partial charge in [0.05, 0.1) is 18.2 Å². The molecule has 0 aliphatic heterocycles. The Balaban J connectivity index is 0.00000220. The number of benzene rings is 1. The smallest absolute Gasteiger partial charge is 0.870 e. The van der Waals surface area contributed by atoms with Gasteiger partial charge in [-0.2, -0.15) is 0 Å². The summed E-state index contributed by atoms with van der Waals surface area (Å²) >= 11 is 0. The minimum Gasteiger partial charge on any atom is -0.870 e. The number of aromatic nitrogens is 1. The van der Waals surface area contributed by atoms with Crippen LogP contribution in [0.1, 0.15) is 11.1 Å². The molecule has 0 fully saturated rings. The third-order valence-electron chi connectivity index (χ3n) is 2.57. The topological polar surface area (TPSA) is 123 Å². The third-order valence-corrected chi connectivity index (χ3v) is 2.57. The van der Waals surface area contributed by atoms with Crippen molar-refractivity contribution in [3.05, 3.63) is 59.3 Å². The number of nitrogens with zero attached hydrogens (tertiary/aromatic N) is 3. The maximum atomic E-state index is 9.71. The number of methoxy groups -OCH3 is 1. The number of amides is 1. The van der Waals surface area contributed by atoms with Crippen molar-refractivity contribution in [2.75, 3.05) is 7.11 Å². The summed E-state index contributed by atoms with van der Waals surface area (Å²) < 4.78 is 5.04. The van der Waals surface area contributed by atoms with Crippen LogP contribution in [-0.2, 0) is 19.5 Å². The van der Waals surface area contributed by atoms with Gasteiger partial charge in [-0.1, -0.05) is 6.07 Å². The van der Waals surface area contributed by atoms with Gasteiger partial charge in [0.1, 0.15) is 0 Å². The number of para-hydroxylation sites is 1. The Morgan fingerprint density at radius 1 is 1.32 bits per heavy atom. The fourth-order valence-electron chi connectivity index (χ4n) is 1.53. The molecule has 0 aliphatic carbocycles. The molecule has 1 amide bonds. The first-order valence-corrected chi connectivity index (χ1v) is 5.81. The average Bonchev–Trinajstić information content (AvgIpc) is 2.49. The maximum absolute atomic E-state index is 9.71. The molecule has 0 atom stereocenters. The van der Waals surface area contributed by atoms with Crippen molar-refractivity contribution in [1.29, 1.82) is 0 Å². The van der Waals surface area contributed by atoms with Crippen molar-refractivity contribution in [3.8, 4) is 11.5 Å². The van der Waals surface area contributed by atoms with Gasteiger partial charge in [-0.3, -0.25) is 9.78 Å². The van der Waals surface area contributed by atoms with Crippen molar-refractivity contribution in [2.45, 2.75) is 0 Å². The summed E-state index contributed by atoms with van der Waals surface area (Å²) in [6.45, 7) is 0. The summed E-state index contributed by atoms with van der Waals surface area (Å²) in [5.41, 5.74) is 4.75. The Morgan fingerprint density at radius 3 is 2.64 bits per heavy atom. The number of rotatable bonds is 4.